The zero-order chi connectivity index (χ0) is 33.9. The lowest BCUT2D eigenvalue weighted by atomic mass is 9.97. The average molecular weight is 654 g/mol. The van der Waals surface area contributed by atoms with Gasteiger partial charge >= 0.3 is 12.1 Å². The number of fused-ring (bicyclic) bond motifs is 3. The number of carbonyl (C=O) groups is 4. The molecule has 4 N–H and O–H groups in total. The monoisotopic (exact) mass is 653 g/mol. The van der Waals surface area contributed by atoms with Gasteiger partial charge in [0.15, 0.2) is 0 Å². The van der Waals surface area contributed by atoms with E-state index in [-0.39, 0.29) is 50.4 Å². The first-order valence-corrected chi connectivity index (χ1v) is 16.5. The molecule has 5 rings (SSSR count). The highest BCUT2D eigenvalue weighted by Crippen LogP contribution is 2.44. The van der Waals surface area contributed by atoms with Crippen molar-refractivity contribution in [3.63, 3.8) is 0 Å². The van der Waals surface area contributed by atoms with E-state index in [2.05, 4.69) is 28.1 Å². The molecule has 3 amide bonds. The van der Waals surface area contributed by atoms with Crippen molar-refractivity contribution in [2.75, 3.05) is 19.8 Å². The number of benzene rings is 3. The third-order valence-corrected chi connectivity index (χ3v) is 8.71. The van der Waals surface area contributed by atoms with Crippen molar-refractivity contribution in [3.05, 3.63) is 108 Å². The first-order chi connectivity index (χ1) is 23.3. The predicted molar refractivity (Wildman–Crippen MR) is 181 cm³/mol. The van der Waals surface area contributed by atoms with Gasteiger partial charge in [0, 0.05) is 18.4 Å². The number of nitrogens with one attached hydrogen (secondary N) is 3. The average Bonchev–Trinajstić information content (AvgIpc) is 3.42. The van der Waals surface area contributed by atoms with Gasteiger partial charge in [0.25, 0.3) is 0 Å². The van der Waals surface area contributed by atoms with Gasteiger partial charge in [-0.3, -0.25) is 9.59 Å². The Hall–Kier alpha value is -4.96. The predicted octanol–water partition coefficient (Wildman–Crippen LogP) is 4.41. The number of ether oxygens (including phenoxy) is 2. The molecule has 0 unspecified atom stereocenters. The number of hydrogen-bond acceptors (Lipinski definition) is 7. The molecular formula is C38H43N3O7. The number of cyclic esters (lactones) is 1. The Labute approximate surface area is 280 Å². The highest BCUT2D eigenvalue weighted by molar-refractivity contribution is 5.86. The lowest BCUT2D eigenvalue weighted by Gasteiger charge is -2.24. The van der Waals surface area contributed by atoms with Gasteiger partial charge in [0.2, 0.25) is 11.8 Å². The summed E-state index contributed by atoms with van der Waals surface area (Å²) in [4.78, 5) is 52.5. The minimum Gasteiger partial charge on any atom is -0.462 e. The summed E-state index contributed by atoms with van der Waals surface area (Å²) in [6.45, 7) is 1.45. The summed E-state index contributed by atoms with van der Waals surface area (Å²) in [5.41, 5.74) is 5.34. The first kappa shape index (κ1) is 34.4. The summed E-state index contributed by atoms with van der Waals surface area (Å²) in [7, 11) is 0. The molecule has 10 nitrogen and oxygen atoms in total. The third kappa shape index (κ3) is 9.10. The number of aliphatic hydroxyl groups excluding tert-OH is 1. The fourth-order valence-corrected chi connectivity index (χ4v) is 6.21. The van der Waals surface area contributed by atoms with Crippen LogP contribution >= 0.6 is 0 Å². The summed E-state index contributed by atoms with van der Waals surface area (Å²) in [6.07, 6.45) is 4.21. The highest BCUT2D eigenvalue weighted by atomic mass is 16.6. The van der Waals surface area contributed by atoms with Gasteiger partial charge in [-0.2, -0.15) is 0 Å². The smallest absolute Gasteiger partial charge is 0.407 e. The van der Waals surface area contributed by atoms with Gasteiger partial charge in [-0.25, -0.2) is 9.59 Å². The van der Waals surface area contributed by atoms with Crippen LogP contribution in [0.15, 0.2) is 91.0 Å². The van der Waals surface area contributed by atoms with Crippen LogP contribution in [0.25, 0.3) is 11.1 Å². The molecule has 0 saturated heterocycles. The number of esters is 1. The second-order valence-electron chi connectivity index (χ2n) is 12.4. The zero-order valence-corrected chi connectivity index (χ0v) is 27.1. The molecule has 1 heterocycles. The standard InChI is InChI=1S/C38H43N3O7/c1-25(22-42)39-35(43)21-27-14-6-3-7-19-34(37(45)47-23-28(40-36(27)44)20-26-12-4-2-5-13-26)41-38(46)48-24-33-31-17-10-8-15-29(31)30-16-9-11-18-32(30)33/h2-6,8-13,15-18,25,27-28,33-34,42H,7,14,19-24H2,1H3,(H,39,43)(H,40,44)(H,41,46)/t25-,27+,28-,34-/m0/s1. The van der Waals surface area contributed by atoms with Gasteiger partial charge < -0.3 is 30.5 Å². The minimum absolute atomic E-state index is 0.0652. The van der Waals surface area contributed by atoms with Gasteiger partial charge in [-0.1, -0.05) is 91.0 Å². The van der Waals surface area contributed by atoms with E-state index in [1.165, 1.54) is 0 Å². The molecular weight excluding hydrogens is 610 g/mol. The normalized spacial score (nSPS) is 20.4. The molecule has 2 aliphatic rings. The maximum atomic E-state index is 13.4. The fraction of sp³-hybridized carbons (Fsp3) is 0.368. The number of carbonyl (C=O) groups excluding carboxylic acids is 4. The molecule has 1 aliphatic carbocycles. The maximum absolute atomic E-state index is 13.4. The molecule has 4 atom stereocenters. The van der Waals surface area contributed by atoms with Crippen molar-refractivity contribution in [2.24, 2.45) is 5.92 Å². The number of alkyl carbamates (subject to hydrolysis) is 1. The summed E-state index contributed by atoms with van der Waals surface area (Å²) >= 11 is 0. The maximum Gasteiger partial charge on any atom is 0.407 e. The molecule has 0 fully saturated rings. The van der Waals surface area contributed by atoms with E-state index >= 15 is 0 Å². The van der Waals surface area contributed by atoms with E-state index in [9.17, 15) is 24.3 Å². The van der Waals surface area contributed by atoms with Crippen LogP contribution < -0.4 is 16.0 Å². The van der Waals surface area contributed by atoms with Crippen molar-refractivity contribution in [1.29, 1.82) is 0 Å². The van der Waals surface area contributed by atoms with E-state index in [0.29, 0.717) is 19.3 Å². The summed E-state index contributed by atoms with van der Waals surface area (Å²) < 4.78 is 11.4. The second-order valence-corrected chi connectivity index (χ2v) is 12.4. The number of hydrogen-bond donors (Lipinski definition) is 4. The van der Waals surface area contributed by atoms with Crippen molar-refractivity contribution in [3.8, 4) is 11.1 Å². The number of amides is 3. The van der Waals surface area contributed by atoms with Crippen LogP contribution in [0.1, 0.15) is 55.2 Å². The van der Waals surface area contributed by atoms with Crippen LogP contribution in [0.3, 0.4) is 0 Å². The summed E-state index contributed by atoms with van der Waals surface area (Å²) in [6, 6.07) is 23.6. The van der Waals surface area contributed by atoms with Crippen LogP contribution in [0.5, 0.6) is 0 Å². The van der Waals surface area contributed by atoms with E-state index in [1.54, 1.807) is 6.92 Å². The SMILES string of the molecule is C[C@@H](CO)NC(=O)C[C@H]1CC=CCC[C@H](NC(=O)OCC2c3ccccc3-c3ccccc32)C(=O)OC[C@H](Cc2ccccc2)NC1=O. The molecule has 0 aromatic heterocycles. The number of aliphatic hydroxyl groups is 1. The molecule has 0 bridgehead atoms. The minimum atomic E-state index is -0.972. The molecule has 48 heavy (non-hydrogen) atoms. The highest BCUT2D eigenvalue weighted by Gasteiger charge is 2.31. The lowest BCUT2D eigenvalue weighted by molar-refractivity contribution is -0.147. The Balaban J connectivity index is 1.26. The van der Waals surface area contributed by atoms with Gasteiger partial charge in [0.05, 0.1) is 18.6 Å². The third-order valence-electron chi connectivity index (χ3n) is 8.71. The summed E-state index contributed by atoms with van der Waals surface area (Å²) in [5, 5.41) is 17.7. The zero-order valence-electron chi connectivity index (χ0n) is 27.1. The van der Waals surface area contributed by atoms with E-state index < -0.39 is 36.1 Å². The van der Waals surface area contributed by atoms with E-state index in [0.717, 1.165) is 27.8 Å². The van der Waals surface area contributed by atoms with Crippen molar-refractivity contribution in [1.82, 2.24) is 16.0 Å². The molecule has 0 spiro atoms. The molecule has 0 saturated carbocycles. The lowest BCUT2D eigenvalue weighted by Crippen LogP contribution is -2.47. The number of rotatable bonds is 9. The molecule has 1 aliphatic heterocycles. The van der Waals surface area contributed by atoms with Crippen LogP contribution in [0.2, 0.25) is 0 Å². The summed E-state index contributed by atoms with van der Waals surface area (Å²) in [5.74, 6) is -2.10. The Kier molecular flexibility index (Phi) is 12.0. The molecule has 3 aromatic carbocycles. The quantitative estimate of drug-likeness (QED) is 0.198. The second kappa shape index (κ2) is 16.7. The Morgan fingerprint density at radius 2 is 1.62 bits per heavy atom. The topological polar surface area (TPSA) is 143 Å². The number of allylic oxidation sites excluding steroid dienone is 2. The molecule has 0 radical (unpaired) electrons. The van der Waals surface area contributed by atoms with Crippen molar-refractivity contribution >= 4 is 23.9 Å². The van der Waals surface area contributed by atoms with Crippen LogP contribution in [0, 0.1) is 5.92 Å². The van der Waals surface area contributed by atoms with Gasteiger partial charge in [-0.05, 0) is 60.4 Å². The molecule has 252 valence electrons. The van der Waals surface area contributed by atoms with Gasteiger partial charge in [-0.15, -0.1) is 0 Å². The van der Waals surface area contributed by atoms with Crippen molar-refractivity contribution in [2.45, 2.75) is 63.1 Å². The Morgan fingerprint density at radius 3 is 2.31 bits per heavy atom. The Morgan fingerprint density at radius 1 is 0.958 bits per heavy atom. The van der Waals surface area contributed by atoms with Crippen LogP contribution in [-0.4, -0.2) is 66.9 Å². The van der Waals surface area contributed by atoms with Crippen molar-refractivity contribution < 1.29 is 33.8 Å². The Bertz CT molecular complexity index is 1560. The molecule has 10 heteroatoms. The van der Waals surface area contributed by atoms with Gasteiger partial charge in [0.1, 0.15) is 19.3 Å². The van der Waals surface area contributed by atoms with Crippen LogP contribution in [0.4, 0.5) is 4.79 Å². The van der Waals surface area contributed by atoms with E-state index in [1.807, 2.05) is 78.9 Å². The largest absolute Gasteiger partial charge is 0.462 e. The fourth-order valence-electron chi connectivity index (χ4n) is 6.21. The molecule has 3 aromatic rings. The van der Waals surface area contributed by atoms with Crippen LogP contribution in [-0.2, 0) is 30.3 Å². The van der Waals surface area contributed by atoms with E-state index in [4.69, 9.17) is 9.47 Å². The first-order valence-electron chi connectivity index (χ1n) is 16.5.